The van der Waals surface area contributed by atoms with Crippen molar-refractivity contribution in [2.45, 2.75) is 284 Å². The maximum absolute atomic E-state index is 12.6. The summed E-state index contributed by atoms with van der Waals surface area (Å²) in [6.45, 7) is 7.57. The zero-order chi connectivity index (χ0) is 35.6. The molecule has 0 N–H and O–H groups in total. The summed E-state index contributed by atoms with van der Waals surface area (Å²) in [6, 6.07) is 0. The molecule has 0 radical (unpaired) electrons. The van der Waals surface area contributed by atoms with Crippen LogP contribution in [-0.4, -0.2) is 12.6 Å². The zero-order valence-corrected chi connectivity index (χ0v) is 34.6. The van der Waals surface area contributed by atoms with Gasteiger partial charge in [-0.25, -0.2) is 0 Å². The molecule has 0 saturated heterocycles. The number of carbonyl (C=O) groups is 1. The smallest absolute Gasteiger partial charge is 0.305 e. The molecule has 0 bridgehead atoms. The van der Waals surface area contributed by atoms with Gasteiger partial charge < -0.3 is 4.74 Å². The van der Waals surface area contributed by atoms with E-state index < -0.39 is 0 Å². The minimum atomic E-state index is 0.0619. The van der Waals surface area contributed by atoms with E-state index >= 15 is 0 Å². The van der Waals surface area contributed by atoms with Crippen LogP contribution in [0.2, 0.25) is 0 Å². The molecular weight excluding hydrogens is 597 g/mol. The van der Waals surface area contributed by atoms with Crippen LogP contribution < -0.4 is 0 Å². The second-order valence-corrected chi connectivity index (χ2v) is 16.3. The molecule has 0 saturated carbocycles. The van der Waals surface area contributed by atoms with E-state index in [0.717, 1.165) is 6.42 Å². The van der Waals surface area contributed by atoms with E-state index in [1.807, 2.05) is 0 Å². The van der Waals surface area contributed by atoms with Crippen LogP contribution in [0.5, 0.6) is 0 Å². The first-order valence-corrected chi connectivity index (χ1v) is 23.4. The minimum absolute atomic E-state index is 0.0619. The van der Waals surface area contributed by atoms with Gasteiger partial charge >= 0.3 is 5.97 Å². The lowest BCUT2D eigenvalue weighted by Crippen LogP contribution is -2.14. The summed E-state index contributed by atoms with van der Waals surface area (Å²) in [5, 5.41) is 0. The molecule has 0 aromatic carbocycles. The maximum atomic E-state index is 12.6. The molecule has 0 aromatic heterocycles. The molecule has 0 rings (SSSR count). The molecule has 0 spiro atoms. The number of ether oxygens (including phenoxy) is 1. The molecule has 0 aliphatic rings. The number of carbonyl (C=O) groups excluding carboxylic acids is 1. The van der Waals surface area contributed by atoms with Crippen LogP contribution in [0.1, 0.15) is 284 Å². The molecule has 294 valence electrons. The number of unbranched alkanes of at least 4 members (excludes halogenated alkanes) is 35. The van der Waals surface area contributed by atoms with Crippen molar-refractivity contribution in [1.29, 1.82) is 0 Å². The summed E-state index contributed by atoms with van der Waals surface area (Å²) in [5.74, 6) is 0.638. The van der Waals surface area contributed by atoms with E-state index in [4.69, 9.17) is 4.74 Å². The quantitative estimate of drug-likeness (QED) is 0.0470. The van der Waals surface area contributed by atoms with Crippen LogP contribution in [0, 0.1) is 5.92 Å². The Morgan fingerprint density at radius 3 is 0.816 bits per heavy atom. The lowest BCUT2D eigenvalue weighted by atomic mass is 9.94. The zero-order valence-electron chi connectivity index (χ0n) is 34.6. The van der Waals surface area contributed by atoms with E-state index in [2.05, 4.69) is 20.8 Å². The molecule has 0 aromatic rings. The van der Waals surface area contributed by atoms with Crippen LogP contribution >= 0.6 is 0 Å². The molecule has 0 aliphatic heterocycles. The SMILES string of the molecule is CCCCCCCCCCCCCCCCCCCCCC(=O)OCC(CCCCCCCCCC)CCCCCCCCCCCCC. The van der Waals surface area contributed by atoms with Crippen molar-refractivity contribution in [2.24, 2.45) is 5.92 Å². The third-order valence-corrected chi connectivity index (χ3v) is 11.1. The predicted molar refractivity (Wildman–Crippen MR) is 221 cm³/mol. The van der Waals surface area contributed by atoms with Gasteiger partial charge in [0.2, 0.25) is 0 Å². The highest BCUT2D eigenvalue weighted by Gasteiger charge is 2.12. The van der Waals surface area contributed by atoms with Crippen LogP contribution in [0.15, 0.2) is 0 Å². The standard InChI is InChI=1S/C47H94O2/c1-4-7-10-13-16-19-21-22-23-24-25-26-27-28-30-32-35-38-41-44-47(48)49-45-46(42-39-36-33-18-15-12-9-6-3)43-40-37-34-31-29-20-17-14-11-8-5-2/h46H,4-45H2,1-3H3. The Morgan fingerprint density at radius 2 is 0.551 bits per heavy atom. The van der Waals surface area contributed by atoms with Crippen molar-refractivity contribution in [2.75, 3.05) is 6.61 Å². The van der Waals surface area contributed by atoms with Crippen molar-refractivity contribution in [3.8, 4) is 0 Å². The van der Waals surface area contributed by atoms with Crippen molar-refractivity contribution in [3.63, 3.8) is 0 Å². The van der Waals surface area contributed by atoms with Crippen LogP contribution in [-0.2, 0) is 9.53 Å². The number of esters is 1. The van der Waals surface area contributed by atoms with E-state index in [1.54, 1.807) is 0 Å². The number of rotatable bonds is 43. The van der Waals surface area contributed by atoms with Gasteiger partial charge in [0.05, 0.1) is 6.61 Å². The normalized spacial score (nSPS) is 12.1. The van der Waals surface area contributed by atoms with Crippen LogP contribution in [0.4, 0.5) is 0 Å². The fourth-order valence-electron chi connectivity index (χ4n) is 7.61. The van der Waals surface area contributed by atoms with Gasteiger partial charge in [-0.1, -0.05) is 258 Å². The Kier molecular flexibility index (Phi) is 43.2. The number of hydrogen-bond acceptors (Lipinski definition) is 2. The van der Waals surface area contributed by atoms with Gasteiger partial charge in [0, 0.05) is 6.42 Å². The van der Waals surface area contributed by atoms with Crippen molar-refractivity contribution >= 4 is 5.97 Å². The molecule has 0 fully saturated rings. The molecule has 2 nitrogen and oxygen atoms in total. The molecule has 0 aliphatic carbocycles. The minimum Gasteiger partial charge on any atom is -0.465 e. The Bertz CT molecular complexity index is 601. The van der Waals surface area contributed by atoms with Gasteiger partial charge in [-0.05, 0) is 25.2 Å². The van der Waals surface area contributed by atoms with Crippen molar-refractivity contribution in [1.82, 2.24) is 0 Å². The average molecular weight is 691 g/mol. The summed E-state index contributed by atoms with van der Waals surface area (Å²) in [5.41, 5.74) is 0. The van der Waals surface area contributed by atoms with Gasteiger partial charge in [-0.15, -0.1) is 0 Å². The fraction of sp³-hybridized carbons (Fsp3) is 0.979. The first-order valence-electron chi connectivity index (χ1n) is 23.4. The topological polar surface area (TPSA) is 26.3 Å². The van der Waals surface area contributed by atoms with Gasteiger partial charge in [0.15, 0.2) is 0 Å². The summed E-state index contributed by atoms with van der Waals surface area (Å²) in [6.07, 6.45) is 55.8. The fourth-order valence-corrected chi connectivity index (χ4v) is 7.61. The third-order valence-electron chi connectivity index (χ3n) is 11.1. The molecule has 1 atom stereocenters. The largest absolute Gasteiger partial charge is 0.465 e. The lowest BCUT2D eigenvalue weighted by Gasteiger charge is -2.17. The van der Waals surface area contributed by atoms with E-state index in [1.165, 1.54) is 250 Å². The maximum Gasteiger partial charge on any atom is 0.305 e. The Balaban J connectivity index is 3.84. The summed E-state index contributed by atoms with van der Waals surface area (Å²) < 4.78 is 5.88. The highest BCUT2D eigenvalue weighted by Crippen LogP contribution is 2.21. The molecule has 2 heteroatoms. The molecular formula is C47H94O2. The van der Waals surface area contributed by atoms with Gasteiger partial charge in [0.25, 0.3) is 0 Å². The van der Waals surface area contributed by atoms with Gasteiger partial charge in [-0.2, -0.15) is 0 Å². The van der Waals surface area contributed by atoms with Crippen LogP contribution in [0.25, 0.3) is 0 Å². The highest BCUT2D eigenvalue weighted by atomic mass is 16.5. The Labute approximate surface area is 311 Å². The molecule has 0 amide bonds. The molecule has 49 heavy (non-hydrogen) atoms. The van der Waals surface area contributed by atoms with Gasteiger partial charge in [0.1, 0.15) is 0 Å². The molecule has 0 heterocycles. The summed E-state index contributed by atoms with van der Waals surface area (Å²) >= 11 is 0. The Morgan fingerprint density at radius 1 is 0.327 bits per heavy atom. The molecule has 1 unspecified atom stereocenters. The predicted octanol–water partition coefficient (Wildman–Crippen LogP) is 17.2. The average Bonchev–Trinajstić information content (AvgIpc) is 3.11. The first-order chi connectivity index (χ1) is 24.2. The second-order valence-electron chi connectivity index (χ2n) is 16.3. The summed E-state index contributed by atoms with van der Waals surface area (Å²) in [4.78, 5) is 12.6. The monoisotopic (exact) mass is 691 g/mol. The van der Waals surface area contributed by atoms with E-state index in [-0.39, 0.29) is 5.97 Å². The van der Waals surface area contributed by atoms with E-state index in [0.29, 0.717) is 18.9 Å². The second kappa shape index (κ2) is 43.6. The first kappa shape index (κ1) is 48.5. The Hall–Kier alpha value is -0.530. The summed E-state index contributed by atoms with van der Waals surface area (Å²) in [7, 11) is 0. The highest BCUT2D eigenvalue weighted by molar-refractivity contribution is 5.69. The van der Waals surface area contributed by atoms with E-state index in [9.17, 15) is 4.79 Å². The number of hydrogen-bond donors (Lipinski definition) is 0. The van der Waals surface area contributed by atoms with Crippen LogP contribution in [0.3, 0.4) is 0 Å². The third kappa shape index (κ3) is 41.8. The van der Waals surface area contributed by atoms with Crippen molar-refractivity contribution < 1.29 is 9.53 Å². The van der Waals surface area contributed by atoms with Gasteiger partial charge in [-0.3, -0.25) is 4.79 Å². The van der Waals surface area contributed by atoms with Crippen molar-refractivity contribution in [3.05, 3.63) is 0 Å². The lowest BCUT2D eigenvalue weighted by molar-refractivity contribution is -0.145.